The number of halogens is 2. The second-order valence-corrected chi connectivity index (χ2v) is 5.65. The minimum absolute atomic E-state index is 0.0791. The van der Waals surface area contributed by atoms with Gasteiger partial charge in [0.1, 0.15) is 0 Å². The van der Waals surface area contributed by atoms with Gasteiger partial charge >= 0.3 is 5.97 Å². The minimum Gasteiger partial charge on any atom is -0.478 e. The number of anilines is 1. The standard InChI is InChI=1S/C16H15Cl2NO2/c1-10(11-4-3-5-12(17)8-11)19(2)13-6-7-14(16(20)21)15(18)9-13/h3-10H,1-2H3,(H,20,21). The molecule has 0 aliphatic rings. The zero-order valence-electron chi connectivity index (χ0n) is 11.7. The Balaban J connectivity index is 2.29. The fraction of sp³-hybridized carbons (Fsp3) is 0.188. The van der Waals surface area contributed by atoms with Crippen molar-refractivity contribution in [3.05, 3.63) is 63.6 Å². The van der Waals surface area contributed by atoms with Crippen molar-refractivity contribution in [2.45, 2.75) is 13.0 Å². The van der Waals surface area contributed by atoms with Gasteiger partial charge in [-0.25, -0.2) is 4.79 Å². The van der Waals surface area contributed by atoms with E-state index in [-0.39, 0.29) is 16.6 Å². The summed E-state index contributed by atoms with van der Waals surface area (Å²) in [6.45, 7) is 2.05. The Morgan fingerprint density at radius 2 is 1.90 bits per heavy atom. The number of carboxylic acid groups (broad SMARTS) is 1. The lowest BCUT2D eigenvalue weighted by atomic mass is 10.1. The van der Waals surface area contributed by atoms with Crippen LogP contribution in [0.3, 0.4) is 0 Å². The Morgan fingerprint density at radius 1 is 1.19 bits per heavy atom. The highest BCUT2D eigenvalue weighted by atomic mass is 35.5. The van der Waals surface area contributed by atoms with Crippen LogP contribution in [0.5, 0.6) is 0 Å². The van der Waals surface area contributed by atoms with E-state index in [1.807, 2.05) is 43.1 Å². The number of aromatic carboxylic acids is 1. The monoisotopic (exact) mass is 323 g/mol. The van der Waals surface area contributed by atoms with E-state index < -0.39 is 5.97 Å². The zero-order chi connectivity index (χ0) is 15.6. The van der Waals surface area contributed by atoms with E-state index in [0.29, 0.717) is 5.02 Å². The van der Waals surface area contributed by atoms with Crippen LogP contribution in [0.15, 0.2) is 42.5 Å². The highest BCUT2D eigenvalue weighted by Crippen LogP contribution is 2.29. The third-order valence-corrected chi connectivity index (χ3v) is 4.05. The van der Waals surface area contributed by atoms with Crippen molar-refractivity contribution in [2.24, 2.45) is 0 Å². The predicted octanol–water partition coefficient (Wildman–Crippen LogP) is 4.89. The predicted molar refractivity (Wildman–Crippen MR) is 86.7 cm³/mol. The van der Waals surface area contributed by atoms with Crippen LogP contribution in [0.2, 0.25) is 10.0 Å². The second-order valence-electron chi connectivity index (χ2n) is 4.81. The first-order chi connectivity index (χ1) is 9.90. The molecule has 0 aliphatic heterocycles. The largest absolute Gasteiger partial charge is 0.478 e. The Labute approximate surface area is 133 Å². The average Bonchev–Trinajstić information content (AvgIpc) is 2.45. The van der Waals surface area contributed by atoms with Gasteiger partial charge < -0.3 is 10.0 Å². The molecule has 0 radical (unpaired) electrons. The number of hydrogen-bond acceptors (Lipinski definition) is 2. The van der Waals surface area contributed by atoms with Crippen LogP contribution >= 0.6 is 23.2 Å². The van der Waals surface area contributed by atoms with Gasteiger partial charge in [-0.3, -0.25) is 0 Å². The minimum atomic E-state index is -1.03. The number of benzene rings is 2. The van der Waals surface area contributed by atoms with Gasteiger partial charge in [0.05, 0.1) is 16.6 Å². The zero-order valence-corrected chi connectivity index (χ0v) is 13.2. The van der Waals surface area contributed by atoms with Crippen LogP contribution < -0.4 is 4.90 Å². The molecule has 0 saturated heterocycles. The molecule has 3 nitrogen and oxygen atoms in total. The molecule has 0 heterocycles. The van der Waals surface area contributed by atoms with Gasteiger partial charge in [-0.05, 0) is 42.8 Å². The van der Waals surface area contributed by atoms with E-state index in [2.05, 4.69) is 0 Å². The third kappa shape index (κ3) is 3.49. The molecule has 2 aromatic rings. The molecular weight excluding hydrogens is 309 g/mol. The quantitative estimate of drug-likeness (QED) is 0.870. The van der Waals surface area contributed by atoms with Crippen molar-refractivity contribution in [3.8, 4) is 0 Å². The molecule has 2 aromatic carbocycles. The van der Waals surface area contributed by atoms with Crippen LogP contribution in [-0.2, 0) is 0 Å². The van der Waals surface area contributed by atoms with Crippen LogP contribution in [-0.4, -0.2) is 18.1 Å². The summed E-state index contributed by atoms with van der Waals surface area (Å²) in [5.41, 5.74) is 2.02. The number of rotatable bonds is 4. The Bertz CT molecular complexity index is 673. The van der Waals surface area contributed by atoms with E-state index in [9.17, 15) is 4.79 Å². The fourth-order valence-electron chi connectivity index (χ4n) is 2.11. The summed E-state index contributed by atoms with van der Waals surface area (Å²) in [5.74, 6) is -1.03. The molecule has 2 rings (SSSR count). The lowest BCUT2D eigenvalue weighted by molar-refractivity contribution is 0.0697. The first-order valence-electron chi connectivity index (χ1n) is 6.41. The van der Waals surface area contributed by atoms with Crippen molar-refractivity contribution < 1.29 is 9.90 Å². The van der Waals surface area contributed by atoms with Gasteiger partial charge in [-0.1, -0.05) is 35.3 Å². The van der Waals surface area contributed by atoms with E-state index in [1.165, 1.54) is 6.07 Å². The van der Waals surface area contributed by atoms with Gasteiger partial charge in [0.25, 0.3) is 0 Å². The summed E-state index contributed by atoms with van der Waals surface area (Å²) in [7, 11) is 1.93. The normalized spacial score (nSPS) is 12.0. The van der Waals surface area contributed by atoms with Crippen LogP contribution in [0.25, 0.3) is 0 Å². The molecule has 1 N–H and O–H groups in total. The maximum Gasteiger partial charge on any atom is 0.337 e. The van der Waals surface area contributed by atoms with Gasteiger partial charge in [0, 0.05) is 17.8 Å². The van der Waals surface area contributed by atoms with E-state index in [1.54, 1.807) is 12.1 Å². The van der Waals surface area contributed by atoms with Crippen molar-refractivity contribution >= 4 is 34.9 Å². The molecule has 0 fully saturated rings. The summed E-state index contributed by atoms with van der Waals surface area (Å²) in [6.07, 6.45) is 0. The molecule has 21 heavy (non-hydrogen) atoms. The fourth-order valence-corrected chi connectivity index (χ4v) is 2.56. The summed E-state index contributed by atoms with van der Waals surface area (Å²) in [5, 5.41) is 9.91. The first-order valence-corrected chi connectivity index (χ1v) is 7.17. The van der Waals surface area contributed by atoms with Crippen molar-refractivity contribution in [2.75, 3.05) is 11.9 Å². The van der Waals surface area contributed by atoms with Crippen molar-refractivity contribution in [3.63, 3.8) is 0 Å². The maximum absolute atomic E-state index is 11.0. The topological polar surface area (TPSA) is 40.5 Å². The molecule has 5 heteroatoms. The smallest absolute Gasteiger partial charge is 0.337 e. The molecule has 0 amide bonds. The Kier molecular flexibility index (Phi) is 4.76. The molecule has 0 aliphatic carbocycles. The van der Waals surface area contributed by atoms with Gasteiger partial charge in [-0.2, -0.15) is 0 Å². The summed E-state index contributed by atoms with van der Waals surface area (Å²) in [6, 6.07) is 12.6. The molecule has 0 spiro atoms. The summed E-state index contributed by atoms with van der Waals surface area (Å²) < 4.78 is 0. The Morgan fingerprint density at radius 3 is 2.48 bits per heavy atom. The van der Waals surface area contributed by atoms with Gasteiger partial charge in [0.2, 0.25) is 0 Å². The van der Waals surface area contributed by atoms with Crippen LogP contribution in [0.4, 0.5) is 5.69 Å². The van der Waals surface area contributed by atoms with Gasteiger partial charge in [0.15, 0.2) is 0 Å². The lowest BCUT2D eigenvalue weighted by Crippen LogP contribution is -2.21. The summed E-state index contributed by atoms with van der Waals surface area (Å²) >= 11 is 12.0. The molecule has 1 atom stereocenters. The number of carbonyl (C=O) groups is 1. The number of hydrogen-bond donors (Lipinski definition) is 1. The number of carboxylic acids is 1. The Hall–Kier alpha value is -1.71. The molecule has 0 saturated carbocycles. The van der Waals surface area contributed by atoms with E-state index in [0.717, 1.165) is 11.3 Å². The molecule has 0 bridgehead atoms. The van der Waals surface area contributed by atoms with Crippen LogP contribution in [0, 0.1) is 0 Å². The number of nitrogens with zero attached hydrogens (tertiary/aromatic N) is 1. The lowest BCUT2D eigenvalue weighted by Gasteiger charge is -2.28. The van der Waals surface area contributed by atoms with Crippen LogP contribution in [0.1, 0.15) is 28.9 Å². The molecule has 110 valence electrons. The SMILES string of the molecule is CC(c1cccc(Cl)c1)N(C)c1ccc(C(=O)O)c(Cl)c1. The van der Waals surface area contributed by atoms with Crippen molar-refractivity contribution in [1.29, 1.82) is 0 Å². The third-order valence-electron chi connectivity index (χ3n) is 3.50. The molecule has 1 unspecified atom stereocenters. The second kappa shape index (κ2) is 6.37. The first kappa shape index (κ1) is 15.7. The average molecular weight is 324 g/mol. The molecular formula is C16H15Cl2NO2. The summed E-state index contributed by atoms with van der Waals surface area (Å²) in [4.78, 5) is 13.0. The molecule has 0 aromatic heterocycles. The highest BCUT2D eigenvalue weighted by molar-refractivity contribution is 6.33. The van der Waals surface area contributed by atoms with E-state index >= 15 is 0 Å². The van der Waals surface area contributed by atoms with E-state index in [4.69, 9.17) is 28.3 Å². The maximum atomic E-state index is 11.0. The highest BCUT2D eigenvalue weighted by Gasteiger charge is 2.15. The van der Waals surface area contributed by atoms with Gasteiger partial charge in [-0.15, -0.1) is 0 Å². The van der Waals surface area contributed by atoms with Crippen molar-refractivity contribution in [1.82, 2.24) is 0 Å².